The number of allylic oxidation sites excluding steroid dienone is 2. The van der Waals surface area contributed by atoms with Crippen LogP contribution in [0.5, 0.6) is 0 Å². The highest BCUT2D eigenvalue weighted by atomic mass is 35.5. The van der Waals surface area contributed by atoms with Crippen LogP contribution in [0.1, 0.15) is 18.9 Å². The highest BCUT2D eigenvalue weighted by Crippen LogP contribution is 2.19. The van der Waals surface area contributed by atoms with E-state index >= 15 is 0 Å². The maximum atomic E-state index is 11.8. The first-order valence-corrected chi connectivity index (χ1v) is 10.2. The molecule has 1 N–H and O–H groups in total. The van der Waals surface area contributed by atoms with Gasteiger partial charge in [-0.15, -0.1) is 6.58 Å². The first-order chi connectivity index (χ1) is 12.7. The number of hydrogen-bond acceptors (Lipinski definition) is 3. The first-order valence-electron chi connectivity index (χ1n) is 7.99. The van der Waals surface area contributed by atoms with Crippen LogP contribution in [-0.4, -0.2) is 14.3 Å². The molecule has 7 heteroatoms. The van der Waals surface area contributed by atoms with Crippen molar-refractivity contribution in [2.75, 3.05) is 0 Å². The fourth-order valence-corrected chi connectivity index (χ4v) is 3.23. The third-order valence-electron chi connectivity index (χ3n) is 3.36. The van der Waals surface area contributed by atoms with Crippen molar-refractivity contribution in [2.45, 2.75) is 25.2 Å². The monoisotopic (exact) mass is 425 g/mol. The Kier molecular flexibility index (Phi) is 9.29. The molecule has 0 fully saturated rings. The molecular formula is C20H21Cl2NO3S. The molecule has 0 aromatic heterocycles. The van der Waals surface area contributed by atoms with Gasteiger partial charge in [-0.3, -0.25) is 4.79 Å². The van der Waals surface area contributed by atoms with Crippen LogP contribution in [0.15, 0.2) is 77.7 Å². The first kappa shape index (κ1) is 23.0. The quantitative estimate of drug-likeness (QED) is 0.520. The summed E-state index contributed by atoms with van der Waals surface area (Å²) in [5.74, 6) is -0.624. The Labute approximate surface area is 170 Å². The SMILES string of the molecule is C=CC/C=C(\C)C(=O)NS(=O)(=O)c1ccccc1.Cc1ccc(Cl)cc1Cl. The van der Waals surface area contributed by atoms with Crippen molar-refractivity contribution in [3.05, 3.63) is 88.4 Å². The van der Waals surface area contributed by atoms with Gasteiger partial charge in [-0.25, -0.2) is 13.1 Å². The van der Waals surface area contributed by atoms with Gasteiger partial charge in [0.05, 0.1) is 4.90 Å². The summed E-state index contributed by atoms with van der Waals surface area (Å²) in [7, 11) is -3.80. The van der Waals surface area contributed by atoms with Crippen LogP contribution in [0.3, 0.4) is 0 Å². The minimum atomic E-state index is -3.80. The summed E-state index contributed by atoms with van der Waals surface area (Å²) in [6.45, 7) is 7.02. The molecule has 0 aliphatic heterocycles. The maximum absolute atomic E-state index is 11.8. The highest BCUT2D eigenvalue weighted by Gasteiger charge is 2.17. The van der Waals surface area contributed by atoms with Crippen LogP contribution in [0.25, 0.3) is 0 Å². The number of halogens is 2. The van der Waals surface area contributed by atoms with E-state index in [4.69, 9.17) is 23.2 Å². The fourth-order valence-electron chi connectivity index (χ4n) is 1.78. The number of sulfonamides is 1. The predicted octanol–water partition coefficient (Wildman–Crippen LogP) is 5.32. The van der Waals surface area contributed by atoms with Gasteiger partial charge in [-0.2, -0.15) is 0 Å². The van der Waals surface area contributed by atoms with E-state index in [1.807, 2.05) is 23.8 Å². The van der Waals surface area contributed by atoms with Gasteiger partial charge in [0.2, 0.25) is 0 Å². The van der Waals surface area contributed by atoms with E-state index in [-0.39, 0.29) is 4.90 Å². The van der Waals surface area contributed by atoms with Crippen molar-refractivity contribution in [1.29, 1.82) is 0 Å². The zero-order chi connectivity index (χ0) is 20.4. The molecule has 2 aromatic carbocycles. The second-order valence-electron chi connectivity index (χ2n) is 5.55. The lowest BCUT2D eigenvalue weighted by Gasteiger charge is -2.06. The van der Waals surface area contributed by atoms with E-state index in [9.17, 15) is 13.2 Å². The van der Waals surface area contributed by atoms with Crippen LogP contribution >= 0.6 is 23.2 Å². The van der Waals surface area contributed by atoms with Gasteiger partial charge in [0.15, 0.2) is 0 Å². The number of aryl methyl sites for hydroxylation is 1. The largest absolute Gasteiger partial charge is 0.269 e. The number of carbonyl (C=O) groups excluding carboxylic acids is 1. The van der Waals surface area contributed by atoms with E-state index in [0.717, 1.165) is 10.6 Å². The molecule has 0 unspecified atom stereocenters. The van der Waals surface area contributed by atoms with Gasteiger partial charge in [0, 0.05) is 15.6 Å². The summed E-state index contributed by atoms with van der Waals surface area (Å²) < 4.78 is 25.7. The molecule has 0 heterocycles. The summed E-state index contributed by atoms with van der Waals surface area (Å²) in [5, 5.41) is 1.41. The Morgan fingerprint density at radius 1 is 1.15 bits per heavy atom. The molecule has 0 aliphatic carbocycles. The lowest BCUT2D eigenvalue weighted by Crippen LogP contribution is -2.31. The van der Waals surface area contributed by atoms with E-state index in [1.165, 1.54) is 12.1 Å². The standard InChI is InChI=1S/C13H15NO3S.C7H6Cl2/c1-3-4-8-11(2)13(15)14-18(16,17)12-9-6-5-7-10-12;1-5-2-3-6(8)4-7(5)9/h3,5-10H,1,4H2,2H3,(H,14,15);2-4H,1H3/b11-8+;. The average Bonchev–Trinajstić information content (AvgIpc) is 2.64. The molecule has 0 bridgehead atoms. The van der Waals surface area contributed by atoms with Crippen LogP contribution in [0.4, 0.5) is 0 Å². The molecule has 1 amide bonds. The smallest absolute Gasteiger partial charge is 0.264 e. The summed E-state index contributed by atoms with van der Waals surface area (Å²) in [6, 6.07) is 13.2. The van der Waals surface area contributed by atoms with Crippen molar-refractivity contribution < 1.29 is 13.2 Å². The van der Waals surface area contributed by atoms with Gasteiger partial charge < -0.3 is 0 Å². The molecule has 0 atom stereocenters. The molecule has 0 saturated heterocycles. The summed E-state index contributed by atoms with van der Waals surface area (Å²) >= 11 is 11.4. The number of carbonyl (C=O) groups is 1. The molecule has 0 saturated carbocycles. The second kappa shape index (κ2) is 10.9. The summed E-state index contributed by atoms with van der Waals surface area (Å²) in [4.78, 5) is 11.7. The topological polar surface area (TPSA) is 63.2 Å². The van der Waals surface area contributed by atoms with E-state index in [0.29, 0.717) is 17.0 Å². The minimum absolute atomic E-state index is 0.0647. The molecule has 4 nitrogen and oxygen atoms in total. The van der Waals surface area contributed by atoms with E-state index in [1.54, 1.807) is 43.3 Å². The van der Waals surface area contributed by atoms with Crippen LogP contribution in [0.2, 0.25) is 10.0 Å². The van der Waals surface area contributed by atoms with Gasteiger partial charge in [-0.1, -0.05) is 59.6 Å². The third kappa shape index (κ3) is 7.99. The summed E-state index contributed by atoms with van der Waals surface area (Å²) in [6.07, 6.45) is 3.76. The van der Waals surface area contributed by atoms with Crippen LogP contribution in [0, 0.1) is 6.92 Å². The van der Waals surface area contributed by atoms with Gasteiger partial charge in [0.25, 0.3) is 15.9 Å². The lowest BCUT2D eigenvalue weighted by molar-refractivity contribution is -0.115. The summed E-state index contributed by atoms with van der Waals surface area (Å²) in [5.41, 5.74) is 1.40. The molecule has 144 valence electrons. The lowest BCUT2D eigenvalue weighted by atomic mass is 10.2. The molecule has 27 heavy (non-hydrogen) atoms. The molecule has 2 rings (SSSR count). The predicted molar refractivity (Wildman–Crippen MR) is 112 cm³/mol. The Hall–Kier alpha value is -2.08. The molecule has 0 radical (unpaired) electrons. The van der Waals surface area contributed by atoms with Crippen molar-refractivity contribution in [3.8, 4) is 0 Å². The van der Waals surface area contributed by atoms with Crippen LogP contribution in [-0.2, 0) is 14.8 Å². The van der Waals surface area contributed by atoms with E-state index < -0.39 is 15.9 Å². The Morgan fingerprint density at radius 3 is 2.30 bits per heavy atom. The Morgan fingerprint density at radius 2 is 1.78 bits per heavy atom. The fraction of sp³-hybridized carbons (Fsp3) is 0.150. The molecular weight excluding hydrogens is 405 g/mol. The Bertz CT molecular complexity index is 923. The number of rotatable bonds is 5. The van der Waals surface area contributed by atoms with Crippen LogP contribution < -0.4 is 4.72 Å². The molecule has 2 aromatic rings. The number of amides is 1. The normalized spacial score (nSPS) is 11.2. The molecule has 0 aliphatic rings. The van der Waals surface area contributed by atoms with Crippen molar-refractivity contribution >= 4 is 39.1 Å². The van der Waals surface area contributed by atoms with Crippen molar-refractivity contribution in [2.24, 2.45) is 0 Å². The average molecular weight is 426 g/mol. The molecule has 0 spiro atoms. The van der Waals surface area contributed by atoms with Gasteiger partial charge >= 0.3 is 0 Å². The zero-order valence-corrected chi connectivity index (χ0v) is 17.4. The zero-order valence-electron chi connectivity index (χ0n) is 15.1. The number of hydrogen-bond donors (Lipinski definition) is 1. The van der Waals surface area contributed by atoms with E-state index in [2.05, 4.69) is 6.58 Å². The van der Waals surface area contributed by atoms with Crippen molar-refractivity contribution in [3.63, 3.8) is 0 Å². The van der Waals surface area contributed by atoms with Gasteiger partial charge in [0.1, 0.15) is 0 Å². The van der Waals surface area contributed by atoms with Crippen molar-refractivity contribution in [1.82, 2.24) is 4.72 Å². The van der Waals surface area contributed by atoms with Gasteiger partial charge in [-0.05, 0) is 50.1 Å². The number of nitrogens with one attached hydrogen (secondary N) is 1. The second-order valence-corrected chi connectivity index (χ2v) is 8.08. The third-order valence-corrected chi connectivity index (χ3v) is 5.35. The Balaban J connectivity index is 0.000000337. The maximum Gasteiger partial charge on any atom is 0.264 e. The number of benzene rings is 2. The highest BCUT2D eigenvalue weighted by molar-refractivity contribution is 7.90. The minimum Gasteiger partial charge on any atom is -0.269 e.